The van der Waals surface area contributed by atoms with Crippen molar-refractivity contribution in [2.45, 2.75) is 38.5 Å². The van der Waals surface area contributed by atoms with Crippen molar-refractivity contribution in [2.75, 3.05) is 59.9 Å². The van der Waals surface area contributed by atoms with Crippen LogP contribution in [0.2, 0.25) is 0 Å². The molecule has 2 aliphatic heterocycles. The van der Waals surface area contributed by atoms with Gasteiger partial charge in [-0.05, 0) is 84.2 Å². The maximum atomic E-state index is 12.0. The molecule has 0 unspecified atom stereocenters. The summed E-state index contributed by atoms with van der Waals surface area (Å²) in [5, 5.41) is 6.56. The normalized spacial score (nSPS) is 21.7. The van der Waals surface area contributed by atoms with Crippen molar-refractivity contribution < 1.29 is 4.79 Å². The molecular formula is C18H36N4O. The van der Waals surface area contributed by atoms with Crippen molar-refractivity contribution in [3.63, 3.8) is 0 Å². The number of likely N-dealkylation sites (tertiary alicyclic amines) is 1. The van der Waals surface area contributed by atoms with E-state index in [0.717, 1.165) is 38.5 Å². The highest BCUT2D eigenvalue weighted by Crippen LogP contribution is 2.18. The van der Waals surface area contributed by atoms with Crippen LogP contribution in [-0.2, 0) is 4.79 Å². The van der Waals surface area contributed by atoms with Gasteiger partial charge in [0.2, 0.25) is 5.91 Å². The number of rotatable bonds is 8. The van der Waals surface area contributed by atoms with E-state index in [2.05, 4.69) is 34.5 Å². The molecular weight excluding hydrogens is 288 g/mol. The lowest BCUT2D eigenvalue weighted by Crippen LogP contribution is -2.41. The lowest BCUT2D eigenvalue weighted by atomic mass is 9.93. The van der Waals surface area contributed by atoms with E-state index in [1.165, 1.54) is 45.3 Å². The number of hydrogen-bond donors (Lipinski definition) is 2. The van der Waals surface area contributed by atoms with E-state index in [4.69, 9.17) is 0 Å². The highest BCUT2D eigenvalue weighted by molar-refractivity contribution is 5.75. The summed E-state index contributed by atoms with van der Waals surface area (Å²) < 4.78 is 0. The monoisotopic (exact) mass is 324 g/mol. The molecule has 2 rings (SSSR count). The van der Waals surface area contributed by atoms with Gasteiger partial charge < -0.3 is 20.4 Å². The molecule has 2 N–H and O–H groups in total. The van der Waals surface area contributed by atoms with Gasteiger partial charge in [0.05, 0.1) is 0 Å². The first-order valence-corrected chi connectivity index (χ1v) is 9.48. The smallest absolute Gasteiger partial charge is 0.220 e. The molecule has 5 heteroatoms. The van der Waals surface area contributed by atoms with Gasteiger partial charge in [-0.25, -0.2) is 0 Å². The quantitative estimate of drug-likeness (QED) is 0.703. The SMILES string of the molecule is CN(C)CCN1CCC(CNC(=O)CCC2CCNCC2)CC1. The van der Waals surface area contributed by atoms with Crippen molar-refractivity contribution in [3.05, 3.63) is 0 Å². The van der Waals surface area contributed by atoms with Crippen LogP contribution in [0.3, 0.4) is 0 Å². The van der Waals surface area contributed by atoms with Gasteiger partial charge in [0.15, 0.2) is 0 Å². The molecule has 0 aliphatic carbocycles. The lowest BCUT2D eigenvalue weighted by Gasteiger charge is -2.32. The van der Waals surface area contributed by atoms with E-state index in [0.29, 0.717) is 12.3 Å². The molecule has 0 aromatic rings. The molecule has 0 aromatic carbocycles. The number of amides is 1. The third-order valence-electron chi connectivity index (χ3n) is 5.40. The van der Waals surface area contributed by atoms with E-state index in [1.54, 1.807) is 0 Å². The summed E-state index contributed by atoms with van der Waals surface area (Å²) in [6.45, 7) is 7.80. The first-order valence-electron chi connectivity index (χ1n) is 9.48. The van der Waals surface area contributed by atoms with Crippen molar-refractivity contribution in [1.29, 1.82) is 0 Å². The summed E-state index contributed by atoms with van der Waals surface area (Å²) in [7, 11) is 4.26. The third-order valence-corrected chi connectivity index (χ3v) is 5.40. The zero-order valence-corrected chi connectivity index (χ0v) is 15.1. The van der Waals surface area contributed by atoms with E-state index >= 15 is 0 Å². The first kappa shape index (κ1) is 18.7. The fraction of sp³-hybridized carbons (Fsp3) is 0.944. The Kier molecular flexibility index (Phi) is 8.34. The summed E-state index contributed by atoms with van der Waals surface area (Å²) in [6.07, 6.45) is 6.70. The Morgan fingerprint density at radius 1 is 1.13 bits per heavy atom. The van der Waals surface area contributed by atoms with Gasteiger partial charge in [-0.3, -0.25) is 4.79 Å². The van der Waals surface area contributed by atoms with Crippen LogP contribution in [0.5, 0.6) is 0 Å². The van der Waals surface area contributed by atoms with Crippen LogP contribution >= 0.6 is 0 Å². The highest BCUT2D eigenvalue weighted by atomic mass is 16.1. The van der Waals surface area contributed by atoms with E-state index < -0.39 is 0 Å². The van der Waals surface area contributed by atoms with Gasteiger partial charge in [-0.15, -0.1) is 0 Å². The molecule has 0 atom stereocenters. The van der Waals surface area contributed by atoms with Crippen molar-refractivity contribution >= 4 is 5.91 Å². The Morgan fingerprint density at radius 3 is 2.48 bits per heavy atom. The number of nitrogens with one attached hydrogen (secondary N) is 2. The molecule has 2 saturated heterocycles. The Hall–Kier alpha value is -0.650. The minimum absolute atomic E-state index is 0.263. The Morgan fingerprint density at radius 2 is 1.83 bits per heavy atom. The van der Waals surface area contributed by atoms with Crippen molar-refractivity contribution in [3.8, 4) is 0 Å². The van der Waals surface area contributed by atoms with E-state index in [-0.39, 0.29) is 5.91 Å². The average Bonchev–Trinajstić information content (AvgIpc) is 2.58. The van der Waals surface area contributed by atoms with Gasteiger partial charge in [-0.2, -0.15) is 0 Å². The van der Waals surface area contributed by atoms with Crippen LogP contribution in [0.4, 0.5) is 0 Å². The number of hydrogen-bond acceptors (Lipinski definition) is 4. The third kappa shape index (κ3) is 7.64. The summed E-state index contributed by atoms with van der Waals surface area (Å²) in [5.41, 5.74) is 0. The summed E-state index contributed by atoms with van der Waals surface area (Å²) in [5.74, 6) is 1.69. The van der Waals surface area contributed by atoms with Crippen LogP contribution < -0.4 is 10.6 Å². The van der Waals surface area contributed by atoms with Gasteiger partial charge in [-0.1, -0.05) is 0 Å². The molecule has 0 saturated carbocycles. The first-order chi connectivity index (χ1) is 11.1. The topological polar surface area (TPSA) is 47.6 Å². The van der Waals surface area contributed by atoms with Crippen molar-refractivity contribution in [1.82, 2.24) is 20.4 Å². The maximum absolute atomic E-state index is 12.0. The highest BCUT2D eigenvalue weighted by Gasteiger charge is 2.20. The Bertz CT molecular complexity index is 334. The molecule has 2 heterocycles. The fourth-order valence-corrected chi connectivity index (χ4v) is 3.61. The summed E-state index contributed by atoms with van der Waals surface area (Å²) in [4.78, 5) is 16.8. The zero-order chi connectivity index (χ0) is 16.5. The predicted octanol–water partition coefficient (Wildman–Crippen LogP) is 1.16. The Balaban J connectivity index is 1.51. The molecule has 1 amide bonds. The van der Waals surface area contributed by atoms with Gasteiger partial charge in [0.1, 0.15) is 0 Å². The number of carbonyl (C=O) groups is 1. The minimum Gasteiger partial charge on any atom is -0.356 e. The molecule has 0 spiro atoms. The molecule has 5 nitrogen and oxygen atoms in total. The Labute approximate surface area is 142 Å². The number of piperidine rings is 2. The molecule has 0 radical (unpaired) electrons. The van der Waals surface area contributed by atoms with Crippen LogP contribution in [0.1, 0.15) is 38.5 Å². The van der Waals surface area contributed by atoms with Crippen molar-refractivity contribution in [2.24, 2.45) is 11.8 Å². The summed E-state index contributed by atoms with van der Waals surface area (Å²) in [6, 6.07) is 0. The standard InChI is InChI=1S/C18H36N4O/c1-21(2)13-14-22-11-7-17(8-12-22)15-20-18(23)4-3-16-5-9-19-10-6-16/h16-17,19H,3-15H2,1-2H3,(H,20,23). The minimum atomic E-state index is 0.263. The summed E-state index contributed by atoms with van der Waals surface area (Å²) >= 11 is 0. The molecule has 134 valence electrons. The van der Waals surface area contributed by atoms with Crippen LogP contribution in [0.15, 0.2) is 0 Å². The molecule has 2 fully saturated rings. The second-order valence-corrected chi connectivity index (χ2v) is 7.62. The molecule has 0 bridgehead atoms. The van der Waals surface area contributed by atoms with Gasteiger partial charge in [0.25, 0.3) is 0 Å². The van der Waals surface area contributed by atoms with Crippen LogP contribution in [-0.4, -0.2) is 75.6 Å². The molecule has 23 heavy (non-hydrogen) atoms. The lowest BCUT2D eigenvalue weighted by molar-refractivity contribution is -0.121. The number of nitrogens with zero attached hydrogens (tertiary/aromatic N) is 2. The predicted molar refractivity (Wildman–Crippen MR) is 95.6 cm³/mol. The molecule has 2 aliphatic rings. The number of carbonyl (C=O) groups excluding carboxylic acids is 1. The number of likely N-dealkylation sites (N-methyl/N-ethyl adjacent to an activating group) is 1. The van der Waals surface area contributed by atoms with Gasteiger partial charge in [0, 0.05) is 26.1 Å². The fourth-order valence-electron chi connectivity index (χ4n) is 3.61. The largest absolute Gasteiger partial charge is 0.356 e. The van der Waals surface area contributed by atoms with Crippen LogP contribution in [0.25, 0.3) is 0 Å². The van der Waals surface area contributed by atoms with E-state index in [1.807, 2.05) is 0 Å². The second kappa shape index (κ2) is 10.3. The second-order valence-electron chi connectivity index (χ2n) is 7.62. The zero-order valence-electron chi connectivity index (χ0n) is 15.1. The van der Waals surface area contributed by atoms with Crippen LogP contribution in [0, 0.1) is 11.8 Å². The van der Waals surface area contributed by atoms with Gasteiger partial charge >= 0.3 is 0 Å². The molecule has 0 aromatic heterocycles. The average molecular weight is 325 g/mol. The van der Waals surface area contributed by atoms with E-state index in [9.17, 15) is 4.79 Å². The maximum Gasteiger partial charge on any atom is 0.220 e.